The van der Waals surface area contributed by atoms with Gasteiger partial charge >= 0.3 is 0 Å². The number of benzene rings is 3. The quantitative estimate of drug-likeness (QED) is 0.446. The highest BCUT2D eigenvalue weighted by molar-refractivity contribution is 5.97. The molecule has 0 saturated carbocycles. The largest absolute Gasteiger partial charge is 0.383 e. The SMILES string of the molecule is Cc1ccc(NC[C@H]2CCCN2)cc1C(=O)N[C@H](C)c1cccc2ccccc12.Cl.Cl. The zero-order valence-corrected chi connectivity index (χ0v) is 19.6. The van der Waals surface area contributed by atoms with Crippen LogP contribution in [0.5, 0.6) is 0 Å². The monoisotopic (exact) mass is 459 g/mol. The predicted octanol–water partition coefficient (Wildman–Crippen LogP) is 5.65. The van der Waals surface area contributed by atoms with Crippen LogP contribution in [0.25, 0.3) is 10.8 Å². The minimum absolute atomic E-state index is 0. The number of halogens is 2. The molecule has 3 N–H and O–H groups in total. The second kappa shape index (κ2) is 11.4. The molecule has 166 valence electrons. The average Bonchev–Trinajstić information content (AvgIpc) is 3.26. The number of aryl methyl sites for hydroxylation is 1. The molecule has 1 aliphatic heterocycles. The minimum Gasteiger partial charge on any atom is -0.383 e. The third kappa shape index (κ3) is 5.91. The van der Waals surface area contributed by atoms with Crippen molar-refractivity contribution < 1.29 is 4.79 Å². The summed E-state index contributed by atoms with van der Waals surface area (Å²) < 4.78 is 0. The maximum atomic E-state index is 13.0. The zero-order valence-electron chi connectivity index (χ0n) is 18.0. The summed E-state index contributed by atoms with van der Waals surface area (Å²) >= 11 is 0. The van der Waals surface area contributed by atoms with Crippen LogP contribution in [0.4, 0.5) is 5.69 Å². The molecule has 1 heterocycles. The van der Waals surface area contributed by atoms with Gasteiger partial charge in [-0.05, 0) is 67.3 Å². The lowest BCUT2D eigenvalue weighted by Gasteiger charge is -2.18. The van der Waals surface area contributed by atoms with Gasteiger partial charge in [0.15, 0.2) is 0 Å². The predicted molar refractivity (Wildman–Crippen MR) is 135 cm³/mol. The van der Waals surface area contributed by atoms with Crippen molar-refractivity contribution >= 4 is 47.2 Å². The Kier molecular flexibility index (Phi) is 9.17. The van der Waals surface area contributed by atoms with E-state index in [4.69, 9.17) is 0 Å². The van der Waals surface area contributed by atoms with Crippen molar-refractivity contribution in [1.82, 2.24) is 10.6 Å². The van der Waals surface area contributed by atoms with Crippen LogP contribution in [-0.2, 0) is 0 Å². The average molecular weight is 460 g/mol. The van der Waals surface area contributed by atoms with Gasteiger partial charge in [0.05, 0.1) is 6.04 Å². The Balaban J connectivity index is 0.00000171. The molecule has 0 spiro atoms. The number of hydrogen-bond acceptors (Lipinski definition) is 3. The fourth-order valence-corrected chi connectivity index (χ4v) is 4.13. The lowest BCUT2D eigenvalue weighted by molar-refractivity contribution is 0.0939. The molecule has 2 atom stereocenters. The normalized spacial score (nSPS) is 16.1. The Labute approximate surface area is 197 Å². The van der Waals surface area contributed by atoms with Gasteiger partial charge in [-0.15, -0.1) is 24.8 Å². The molecule has 0 aliphatic carbocycles. The number of fused-ring (bicyclic) bond motifs is 1. The summed E-state index contributed by atoms with van der Waals surface area (Å²) in [5.41, 5.74) is 3.83. The van der Waals surface area contributed by atoms with Crippen LogP contribution in [-0.4, -0.2) is 25.0 Å². The van der Waals surface area contributed by atoms with Crippen molar-refractivity contribution in [2.45, 2.75) is 38.8 Å². The van der Waals surface area contributed by atoms with Crippen molar-refractivity contribution in [2.75, 3.05) is 18.4 Å². The van der Waals surface area contributed by atoms with E-state index in [2.05, 4.69) is 46.3 Å². The van der Waals surface area contributed by atoms with Gasteiger partial charge in [0.2, 0.25) is 0 Å². The first-order chi connectivity index (χ1) is 14.1. The van der Waals surface area contributed by atoms with E-state index in [1.54, 1.807) is 0 Å². The smallest absolute Gasteiger partial charge is 0.252 e. The Hall–Kier alpha value is -2.27. The zero-order chi connectivity index (χ0) is 20.2. The van der Waals surface area contributed by atoms with E-state index in [1.165, 1.54) is 23.6 Å². The van der Waals surface area contributed by atoms with E-state index in [-0.39, 0.29) is 36.8 Å². The van der Waals surface area contributed by atoms with Gasteiger partial charge in [-0.1, -0.05) is 48.5 Å². The number of carbonyl (C=O) groups is 1. The molecule has 4 nitrogen and oxygen atoms in total. The Morgan fingerprint density at radius 3 is 2.65 bits per heavy atom. The molecule has 0 unspecified atom stereocenters. The van der Waals surface area contributed by atoms with Gasteiger partial charge in [-0.3, -0.25) is 4.79 Å². The third-order valence-electron chi connectivity index (χ3n) is 5.83. The highest BCUT2D eigenvalue weighted by Crippen LogP contribution is 2.25. The molecule has 31 heavy (non-hydrogen) atoms. The first-order valence-electron chi connectivity index (χ1n) is 10.5. The van der Waals surface area contributed by atoms with Crippen molar-refractivity contribution in [3.63, 3.8) is 0 Å². The maximum Gasteiger partial charge on any atom is 0.252 e. The molecule has 1 aliphatic rings. The standard InChI is InChI=1S/C25H29N3O.2ClH/c1-17-12-13-20(27-16-21-9-6-14-26-21)15-24(17)25(29)28-18(2)22-11-5-8-19-7-3-4-10-23(19)22;;/h3-5,7-8,10-13,15,18,21,26-27H,6,9,14,16H2,1-2H3,(H,28,29);2*1H/t18-,21-;;/m1../s1. The molecule has 4 rings (SSSR count). The molecular formula is C25H31Cl2N3O. The van der Waals surface area contributed by atoms with E-state index in [0.29, 0.717) is 6.04 Å². The van der Waals surface area contributed by atoms with E-state index < -0.39 is 0 Å². The summed E-state index contributed by atoms with van der Waals surface area (Å²) in [5.74, 6) is -0.0365. The van der Waals surface area contributed by atoms with Gasteiger partial charge in [-0.2, -0.15) is 0 Å². The number of hydrogen-bond donors (Lipinski definition) is 3. The Morgan fingerprint density at radius 2 is 1.87 bits per heavy atom. The van der Waals surface area contributed by atoms with Crippen LogP contribution in [0.2, 0.25) is 0 Å². The van der Waals surface area contributed by atoms with Gasteiger partial charge in [-0.25, -0.2) is 0 Å². The fraction of sp³-hybridized carbons (Fsp3) is 0.320. The van der Waals surface area contributed by atoms with Gasteiger partial charge in [0.25, 0.3) is 5.91 Å². The second-order valence-electron chi connectivity index (χ2n) is 7.97. The van der Waals surface area contributed by atoms with Crippen LogP contribution >= 0.6 is 24.8 Å². The highest BCUT2D eigenvalue weighted by Gasteiger charge is 2.17. The second-order valence-corrected chi connectivity index (χ2v) is 7.97. The van der Waals surface area contributed by atoms with Gasteiger partial charge in [0.1, 0.15) is 0 Å². The van der Waals surface area contributed by atoms with Crippen molar-refractivity contribution in [1.29, 1.82) is 0 Å². The van der Waals surface area contributed by atoms with E-state index in [9.17, 15) is 4.79 Å². The number of nitrogens with one attached hydrogen (secondary N) is 3. The van der Waals surface area contributed by atoms with Crippen molar-refractivity contribution in [3.05, 3.63) is 77.4 Å². The third-order valence-corrected chi connectivity index (χ3v) is 5.83. The van der Waals surface area contributed by atoms with Gasteiger partial charge in [0, 0.05) is 23.8 Å². The molecule has 0 aromatic heterocycles. The molecule has 6 heteroatoms. The first kappa shape index (κ1) is 25.0. The molecule has 1 fully saturated rings. The number of anilines is 1. The number of amides is 1. The van der Waals surface area contributed by atoms with Crippen LogP contribution in [0, 0.1) is 6.92 Å². The van der Waals surface area contributed by atoms with Crippen LogP contribution < -0.4 is 16.0 Å². The van der Waals surface area contributed by atoms with E-state index in [0.717, 1.165) is 35.5 Å². The molecule has 1 amide bonds. The summed E-state index contributed by atoms with van der Waals surface area (Å²) in [4.78, 5) is 13.0. The summed E-state index contributed by atoms with van der Waals surface area (Å²) in [6.07, 6.45) is 2.44. The molecule has 3 aromatic rings. The van der Waals surface area contributed by atoms with Crippen molar-refractivity contribution in [2.24, 2.45) is 0 Å². The number of carbonyl (C=O) groups excluding carboxylic acids is 1. The van der Waals surface area contributed by atoms with E-state index in [1.807, 2.05) is 44.2 Å². The van der Waals surface area contributed by atoms with Crippen LogP contribution in [0.1, 0.15) is 47.3 Å². The van der Waals surface area contributed by atoms with E-state index >= 15 is 0 Å². The lowest BCUT2D eigenvalue weighted by Crippen LogP contribution is -2.29. The maximum absolute atomic E-state index is 13.0. The Bertz CT molecular complexity index is 1010. The molecule has 0 radical (unpaired) electrons. The molecule has 0 bridgehead atoms. The fourth-order valence-electron chi connectivity index (χ4n) is 4.13. The van der Waals surface area contributed by atoms with Crippen molar-refractivity contribution in [3.8, 4) is 0 Å². The lowest BCUT2D eigenvalue weighted by atomic mass is 9.99. The first-order valence-corrected chi connectivity index (χ1v) is 10.5. The Morgan fingerprint density at radius 1 is 1.10 bits per heavy atom. The molecular weight excluding hydrogens is 429 g/mol. The van der Waals surface area contributed by atoms with Crippen LogP contribution in [0.3, 0.4) is 0 Å². The van der Waals surface area contributed by atoms with Gasteiger partial charge < -0.3 is 16.0 Å². The topological polar surface area (TPSA) is 53.2 Å². The summed E-state index contributed by atoms with van der Waals surface area (Å²) in [5, 5.41) is 12.5. The molecule has 3 aromatic carbocycles. The number of rotatable bonds is 6. The van der Waals surface area contributed by atoms with Crippen LogP contribution in [0.15, 0.2) is 60.7 Å². The summed E-state index contributed by atoms with van der Waals surface area (Å²) in [6.45, 7) is 6.01. The summed E-state index contributed by atoms with van der Waals surface area (Å²) in [6, 6.07) is 21.0. The minimum atomic E-state index is -0.0766. The summed E-state index contributed by atoms with van der Waals surface area (Å²) in [7, 11) is 0. The molecule has 1 saturated heterocycles. The highest BCUT2D eigenvalue weighted by atomic mass is 35.5.